The SMILES string of the molecule is CCCOCCOC(C)(C)CC(C)(C)C. The Morgan fingerprint density at radius 2 is 1.47 bits per heavy atom. The van der Waals surface area contributed by atoms with E-state index in [4.69, 9.17) is 9.47 Å². The van der Waals surface area contributed by atoms with Crippen molar-refractivity contribution in [2.75, 3.05) is 19.8 Å². The van der Waals surface area contributed by atoms with Crippen LogP contribution in [0.4, 0.5) is 0 Å². The molecule has 0 rings (SSSR count). The first kappa shape index (κ1) is 14.9. The summed E-state index contributed by atoms with van der Waals surface area (Å²) in [4.78, 5) is 0. The maximum absolute atomic E-state index is 5.83. The van der Waals surface area contributed by atoms with E-state index in [0.717, 1.165) is 19.4 Å². The lowest BCUT2D eigenvalue weighted by Crippen LogP contribution is -2.31. The molecule has 0 amide bonds. The molecule has 0 unspecified atom stereocenters. The third kappa shape index (κ3) is 10.2. The lowest BCUT2D eigenvalue weighted by molar-refractivity contribution is -0.0649. The van der Waals surface area contributed by atoms with Gasteiger partial charge in [-0.2, -0.15) is 0 Å². The molecule has 92 valence electrons. The smallest absolute Gasteiger partial charge is 0.0707 e. The second-order valence-corrected chi connectivity index (χ2v) is 5.96. The van der Waals surface area contributed by atoms with Crippen molar-refractivity contribution in [1.29, 1.82) is 0 Å². The number of hydrogen-bond donors (Lipinski definition) is 0. The summed E-state index contributed by atoms with van der Waals surface area (Å²) in [5, 5.41) is 0. The summed E-state index contributed by atoms with van der Waals surface area (Å²) in [6.07, 6.45) is 2.14. The van der Waals surface area contributed by atoms with Gasteiger partial charge in [0.1, 0.15) is 0 Å². The molecular weight excluding hydrogens is 188 g/mol. The molecule has 0 aliphatic carbocycles. The van der Waals surface area contributed by atoms with Gasteiger partial charge in [0, 0.05) is 6.61 Å². The highest BCUT2D eigenvalue weighted by Gasteiger charge is 2.25. The fourth-order valence-corrected chi connectivity index (χ4v) is 1.95. The van der Waals surface area contributed by atoms with E-state index < -0.39 is 0 Å². The van der Waals surface area contributed by atoms with Gasteiger partial charge in [-0.15, -0.1) is 0 Å². The largest absolute Gasteiger partial charge is 0.379 e. The van der Waals surface area contributed by atoms with Crippen LogP contribution in [0.2, 0.25) is 0 Å². The molecule has 0 radical (unpaired) electrons. The zero-order valence-electron chi connectivity index (χ0n) is 11.4. The molecule has 2 nitrogen and oxygen atoms in total. The Bertz CT molecular complexity index is 156. The van der Waals surface area contributed by atoms with Gasteiger partial charge in [0.05, 0.1) is 18.8 Å². The van der Waals surface area contributed by atoms with Crippen molar-refractivity contribution in [3.63, 3.8) is 0 Å². The van der Waals surface area contributed by atoms with Crippen LogP contribution in [0.3, 0.4) is 0 Å². The minimum atomic E-state index is -0.0478. The van der Waals surface area contributed by atoms with Crippen molar-refractivity contribution < 1.29 is 9.47 Å². The van der Waals surface area contributed by atoms with Gasteiger partial charge in [0.2, 0.25) is 0 Å². The van der Waals surface area contributed by atoms with Crippen molar-refractivity contribution in [1.82, 2.24) is 0 Å². The molecule has 15 heavy (non-hydrogen) atoms. The zero-order valence-corrected chi connectivity index (χ0v) is 11.4. The zero-order chi connectivity index (χ0) is 11.9. The third-order valence-corrected chi connectivity index (χ3v) is 2.02. The van der Waals surface area contributed by atoms with E-state index in [0.29, 0.717) is 18.6 Å². The summed E-state index contributed by atoms with van der Waals surface area (Å²) in [5.74, 6) is 0. The van der Waals surface area contributed by atoms with E-state index in [1.165, 1.54) is 0 Å². The normalized spacial score (nSPS) is 13.2. The molecule has 0 aliphatic heterocycles. The van der Waals surface area contributed by atoms with Crippen LogP contribution in [0, 0.1) is 5.41 Å². The molecule has 0 bridgehead atoms. The highest BCUT2D eigenvalue weighted by Crippen LogP contribution is 2.29. The van der Waals surface area contributed by atoms with Gasteiger partial charge in [-0.05, 0) is 32.1 Å². The predicted octanol–water partition coefficient (Wildman–Crippen LogP) is 3.64. The highest BCUT2D eigenvalue weighted by molar-refractivity contribution is 4.76. The third-order valence-electron chi connectivity index (χ3n) is 2.02. The molecule has 0 saturated carbocycles. The lowest BCUT2D eigenvalue weighted by Gasteiger charge is -2.32. The van der Waals surface area contributed by atoms with Gasteiger partial charge >= 0.3 is 0 Å². The molecule has 0 aliphatic rings. The van der Waals surface area contributed by atoms with Crippen molar-refractivity contribution in [3.05, 3.63) is 0 Å². The van der Waals surface area contributed by atoms with Crippen molar-refractivity contribution >= 4 is 0 Å². The van der Waals surface area contributed by atoms with Crippen LogP contribution in [-0.2, 0) is 9.47 Å². The van der Waals surface area contributed by atoms with E-state index in [2.05, 4.69) is 41.5 Å². The summed E-state index contributed by atoms with van der Waals surface area (Å²) in [6, 6.07) is 0. The molecule has 0 fully saturated rings. The average molecular weight is 216 g/mol. The molecule has 0 saturated heterocycles. The monoisotopic (exact) mass is 216 g/mol. The van der Waals surface area contributed by atoms with Gasteiger partial charge in [-0.1, -0.05) is 27.7 Å². The number of ether oxygens (including phenoxy) is 2. The summed E-state index contributed by atoms with van der Waals surface area (Å²) in [5.41, 5.74) is 0.265. The van der Waals surface area contributed by atoms with E-state index in [1.807, 2.05) is 0 Å². The average Bonchev–Trinajstić information content (AvgIpc) is 1.99. The first-order valence-electron chi connectivity index (χ1n) is 5.98. The van der Waals surface area contributed by atoms with Crippen molar-refractivity contribution in [2.24, 2.45) is 5.41 Å². The first-order valence-corrected chi connectivity index (χ1v) is 5.98. The molecule has 0 aromatic heterocycles. The Morgan fingerprint density at radius 3 is 1.93 bits per heavy atom. The quantitative estimate of drug-likeness (QED) is 0.605. The molecule has 0 atom stereocenters. The van der Waals surface area contributed by atoms with Crippen LogP contribution in [0.15, 0.2) is 0 Å². The molecule has 0 aromatic carbocycles. The van der Waals surface area contributed by atoms with Gasteiger partial charge in [0.25, 0.3) is 0 Å². The number of rotatable bonds is 7. The molecule has 0 heterocycles. The summed E-state index contributed by atoms with van der Waals surface area (Å²) >= 11 is 0. The Hall–Kier alpha value is -0.0800. The van der Waals surface area contributed by atoms with E-state index >= 15 is 0 Å². The maximum atomic E-state index is 5.83. The fourth-order valence-electron chi connectivity index (χ4n) is 1.95. The van der Waals surface area contributed by atoms with E-state index in [-0.39, 0.29) is 5.60 Å². The molecule has 0 N–H and O–H groups in total. The van der Waals surface area contributed by atoms with Crippen LogP contribution in [-0.4, -0.2) is 25.4 Å². The van der Waals surface area contributed by atoms with Crippen LogP contribution < -0.4 is 0 Å². The van der Waals surface area contributed by atoms with E-state index in [9.17, 15) is 0 Å². The fraction of sp³-hybridized carbons (Fsp3) is 1.00. The predicted molar refractivity (Wildman–Crippen MR) is 65.2 cm³/mol. The van der Waals surface area contributed by atoms with Crippen LogP contribution in [0.1, 0.15) is 54.4 Å². The van der Waals surface area contributed by atoms with Crippen molar-refractivity contribution in [2.45, 2.75) is 60.0 Å². The van der Waals surface area contributed by atoms with Crippen LogP contribution in [0.25, 0.3) is 0 Å². The second kappa shape index (κ2) is 6.49. The van der Waals surface area contributed by atoms with Crippen LogP contribution in [0.5, 0.6) is 0 Å². The van der Waals surface area contributed by atoms with Gasteiger partial charge in [-0.25, -0.2) is 0 Å². The Balaban J connectivity index is 3.65. The first-order chi connectivity index (χ1) is 6.77. The Morgan fingerprint density at radius 1 is 0.867 bits per heavy atom. The highest BCUT2D eigenvalue weighted by atomic mass is 16.5. The Kier molecular flexibility index (Phi) is 6.46. The molecule has 0 spiro atoms. The van der Waals surface area contributed by atoms with Crippen LogP contribution >= 0.6 is 0 Å². The van der Waals surface area contributed by atoms with Gasteiger partial charge in [-0.3, -0.25) is 0 Å². The van der Waals surface area contributed by atoms with E-state index in [1.54, 1.807) is 0 Å². The summed E-state index contributed by atoms with van der Waals surface area (Å²) in [7, 11) is 0. The maximum Gasteiger partial charge on any atom is 0.0707 e. The van der Waals surface area contributed by atoms with Crippen molar-refractivity contribution in [3.8, 4) is 0 Å². The summed E-state index contributed by atoms with van der Waals surface area (Å²) < 4.78 is 11.2. The molecule has 2 heteroatoms. The second-order valence-electron chi connectivity index (χ2n) is 5.96. The lowest BCUT2D eigenvalue weighted by atomic mass is 9.84. The Labute approximate surface area is 95.3 Å². The molecular formula is C13H28O2. The number of hydrogen-bond acceptors (Lipinski definition) is 2. The van der Waals surface area contributed by atoms with Gasteiger partial charge in [0.15, 0.2) is 0 Å². The van der Waals surface area contributed by atoms with Gasteiger partial charge < -0.3 is 9.47 Å². The standard InChI is InChI=1S/C13H28O2/c1-7-8-14-9-10-15-13(5,6)11-12(2,3)4/h7-11H2,1-6H3. The minimum Gasteiger partial charge on any atom is -0.379 e. The topological polar surface area (TPSA) is 18.5 Å². The molecule has 0 aromatic rings. The minimum absolute atomic E-state index is 0.0478. The summed E-state index contributed by atoms with van der Waals surface area (Å²) in [6.45, 7) is 15.4.